The van der Waals surface area contributed by atoms with Gasteiger partial charge in [0.2, 0.25) is 0 Å². The Bertz CT molecular complexity index is 675. The van der Waals surface area contributed by atoms with Gasteiger partial charge in [-0.25, -0.2) is 0 Å². The fraction of sp³-hybridized carbons (Fsp3) is 0.250. The average Bonchev–Trinajstić information content (AvgIpc) is 2.57. The smallest absolute Gasteiger partial charge is 0.310 e. The van der Waals surface area contributed by atoms with Crippen LogP contribution >= 0.6 is 0 Å². The number of benzene rings is 2. The first-order valence-corrected chi connectivity index (χ1v) is 7.83. The van der Waals surface area contributed by atoms with Crippen molar-refractivity contribution < 1.29 is 14.3 Å². The van der Waals surface area contributed by atoms with Crippen LogP contribution in [0.5, 0.6) is 5.75 Å². The van der Waals surface area contributed by atoms with Gasteiger partial charge in [0.15, 0.2) is 0 Å². The summed E-state index contributed by atoms with van der Waals surface area (Å²) in [4.78, 5) is 11.8. The summed E-state index contributed by atoms with van der Waals surface area (Å²) in [6, 6.07) is 15.9. The quantitative estimate of drug-likeness (QED) is 0.546. The number of rotatable bonds is 7. The predicted octanol–water partition coefficient (Wildman–Crippen LogP) is 4.76. The van der Waals surface area contributed by atoms with Crippen LogP contribution in [0.3, 0.4) is 0 Å². The van der Waals surface area contributed by atoms with Crippen molar-refractivity contribution in [2.24, 2.45) is 0 Å². The van der Waals surface area contributed by atoms with Gasteiger partial charge in [0.1, 0.15) is 5.75 Å². The molecule has 0 spiro atoms. The third-order valence-corrected chi connectivity index (χ3v) is 3.46. The lowest BCUT2D eigenvalue weighted by Crippen LogP contribution is -2.09. The highest BCUT2D eigenvalue weighted by Gasteiger charge is 2.12. The molecule has 0 saturated carbocycles. The van der Waals surface area contributed by atoms with Crippen LogP contribution in [0.1, 0.15) is 25.8 Å². The second kappa shape index (κ2) is 8.18. The molecular weight excluding hydrogens is 288 g/mol. The SMILES string of the molecule is C=C(CC)Oc1cc(-c2ccccc2)ccc1CC(=O)OCC. The van der Waals surface area contributed by atoms with Gasteiger partial charge >= 0.3 is 5.97 Å². The molecule has 0 N–H and O–H groups in total. The molecule has 0 saturated heterocycles. The zero-order chi connectivity index (χ0) is 16.7. The normalized spacial score (nSPS) is 10.2. The second-order valence-electron chi connectivity index (χ2n) is 5.16. The molecule has 0 aromatic heterocycles. The van der Waals surface area contributed by atoms with Crippen molar-refractivity contribution in [1.29, 1.82) is 0 Å². The van der Waals surface area contributed by atoms with Crippen molar-refractivity contribution in [2.75, 3.05) is 6.61 Å². The highest BCUT2D eigenvalue weighted by molar-refractivity contribution is 5.75. The largest absolute Gasteiger partial charge is 0.466 e. The van der Waals surface area contributed by atoms with Crippen molar-refractivity contribution >= 4 is 5.97 Å². The number of hydrogen-bond acceptors (Lipinski definition) is 3. The van der Waals surface area contributed by atoms with Crippen molar-refractivity contribution in [3.63, 3.8) is 0 Å². The molecule has 120 valence electrons. The number of ether oxygens (including phenoxy) is 2. The van der Waals surface area contributed by atoms with E-state index in [-0.39, 0.29) is 12.4 Å². The number of carbonyl (C=O) groups is 1. The summed E-state index contributed by atoms with van der Waals surface area (Å²) in [5.74, 6) is 1.07. The van der Waals surface area contributed by atoms with E-state index in [2.05, 4.69) is 6.58 Å². The van der Waals surface area contributed by atoms with Gasteiger partial charge in [0, 0.05) is 12.0 Å². The molecule has 0 atom stereocenters. The molecule has 2 aromatic carbocycles. The monoisotopic (exact) mass is 310 g/mol. The maximum absolute atomic E-state index is 11.8. The summed E-state index contributed by atoms with van der Waals surface area (Å²) >= 11 is 0. The molecule has 0 bridgehead atoms. The van der Waals surface area contributed by atoms with Crippen LogP contribution < -0.4 is 4.74 Å². The number of hydrogen-bond donors (Lipinski definition) is 0. The van der Waals surface area contributed by atoms with Crippen LogP contribution in [-0.4, -0.2) is 12.6 Å². The van der Waals surface area contributed by atoms with E-state index < -0.39 is 0 Å². The van der Waals surface area contributed by atoms with E-state index in [0.29, 0.717) is 24.5 Å². The fourth-order valence-electron chi connectivity index (χ4n) is 2.20. The van der Waals surface area contributed by atoms with Crippen LogP contribution in [0.15, 0.2) is 60.9 Å². The van der Waals surface area contributed by atoms with E-state index in [1.807, 2.05) is 55.5 Å². The highest BCUT2D eigenvalue weighted by Crippen LogP contribution is 2.29. The minimum absolute atomic E-state index is 0.190. The summed E-state index contributed by atoms with van der Waals surface area (Å²) in [6.45, 7) is 8.04. The molecule has 0 aliphatic carbocycles. The Morgan fingerprint density at radius 1 is 1.04 bits per heavy atom. The molecule has 0 radical (unpaired) electrons. The van der Waals surface area contributed by atoms with Gasteiger partial charge in [-0.3, -0.25) is 4.79 Å². The molecule has 0 aliphatic heterocycles. The minimum atomic E-state index is -0.257. The lowest BCUT2D eigenvalue weighted by atomic mass is 10.0. The third kappa shape index (κ3) is 4.71. The maximum Gasteiger partial charge on any atom is 0.310 e. The van der Waals surface area contributed by atoms with Gasteiger partial charge in [-0.2, -0.15) is 0 Å². The summed E-state index contributed by atoms with van der Waals surface area (Å²) in [6.07, 6.45) is 0.906. The molecule has 3 nitrogen and oxygen atoms in total. The van der Waals surface area contributed by atoms with E-state index in [9.17, 15) is 4.79 Å². The molecule has 0 amide bonds. The van der Waals surface area contributed by atoms with Crippen LogP contribution in [0.25, 0.3) is 11.1 Å². The first-order valence-electron chi connectivity index (χ1n) is 7.83. The number of carbonyl (C=O) groups excluding carboxylic acids is 1. The van der Waals surface area contributed by atoms with Crippen LogP contribution in [0.4, 0.5) is 0 Å². The van der Waals surface area contributed by atoms with Crippen LogP contribution in [0.2, 0.25) is 0 Å². The Hall–Kier alpha value is -2.55. The summed E-state index contributed by atoms with van der Waals surface area (Å²) in [5, 5.41) is 0. The van der Waals surface area contributed by atoms with Gasteiger partial charge in [0.25, 0.3) is 0 Å². The Kier molecular flexibility index (Phi) is 5.98. The molecule has 3 heteroatoms. The van der Waals surface area contributed by atoms with Gasteiger partial charge in [-0.15, -0.1) is 0 Å². The molecule has 0 heterocycles. The van der Waals surface area contributed by atoms with E-state index in [1.54, 1.807) is 6.92 Å². The van der Waals surface area contributed by atoms with Crippen molar-refractivity contribution in [1.82, 2.24) is 0 Å². The number of allylic oxidation sites excluding steroid dienone is 1. The second-order valence-corrected chi connectivity index (χ2v) is 5.16. The Balaban J connectivity index is 2.34. The van der Waals surface area contributed by atoms with Crippen LogP contribution in [0, 0.1) is 0 Å². The Morgan fingerprint density at radius 2 is 1.78 bits per heavy atom. The van der Waals surface area contributed by atoms with Gasteiger partial charge in [-0.05, 0) is 24.1 Å². The lowest BCUT2D eigenvalue weighted by molar-refractivity contribution is -0.142. The summed E-state index contributed by atoms with van der Waals surface area (Å²) < 4.78 is 10.9. The molecular formula is C20H22O3. The topological polar surface area (TPSA) is 35.5 Å². The van der Waals surface area contributed by atoms with E-state index in [0.717, 1.165) is 16.7 Å². The standard InChI is InChI=1S/C20H22O3/c1-4-15(3)23-19-13-17(16-9-7-6-8-10-16)11-12-18(19)14-20(21)22-5-2/h6-13H,3-5,14H2,1-2H3. The molecule has 2 aromatic rings. The molecule has 0 fully saturated rings. The number of esters is 1. The minimum Gasteiger partial charge on any atom is -0.466 e. The molecule has 0 aliphatic rings. The van der Waals surface area contributed by atoms with E-state index >= 15 is 0 Å². The Labute approximate surface area is 137 Å². The van der Waals surface area contributed by atoms with Gasteiger partial charge in [-0.1, -0.05) is 56.0 Å². The van der Waals surface area contributed by atoms with Crippen molar-refractivity contribution in [3.05, 3.63) is 66.4 Å². The molecule has 2 rings (SSSR count). The van der Waals surface area contributed by atoms with Crippen molar-refractivity contribution in [2.45, 2.75) is 26.7 Å². The van der Waals surface area contributed by atoms with E-state index in [4.69, 9.17) is 9.47 Å². The average molecular weight is 310 g/mol. The van der Waals surface area contributed by atoms with Gasteiger partial charge < -0.3 is 9.47 Å². The summed E-state index contributed by atoms with van der Waals surface area (Å²) in [7, 11) is 0. The van der Waals surface area contributed by atoms with Crippen molar-refractivity contribution in [3.8, 4) is 16.9 Å². The first kappa shape index (κ1) is 16.8. The van der Waals surface area contributed by atoms with Gasteiger partial charge in [0.05, 0.1) is 18.8 Å². The van der Waals surface area contributed by atoms with Crippen LogP contribution in [-0.2, 0) is 16.0 Å². The van der Waals surface area contributed by atoms with E-state index in [1.165, 1.54) is 0 Å². The predicted molar refractivity (Wildman–Crippen MR) is 92.3 cm³/mol. The molecule has 23 heavy (non-hydrogen) atoms. The Morgan fingerprint density at radius 3 is 2.43 bits per heavy atom. The maximum atomic E-state index is 11.8. The zero-order valence-corrected chi connectivity index (χ0v) is 13.7. The third-order valence-electron chi connectivity index (χ3n) is 3.46. The first-order chi connectivity index (χ1) is 11.1. The molecule has 0 unspecified atom stereocenters. The lowest BCUT2D eigenvalue weighted by Gasteiger charge is -2.14. The zero-order valence-electron chi connectivity index (χ0n) is 13.7. The highest BCUT2D eigenvalue weighted by atomic mass is 16.5. The summed E-state index contributed by atoms with van der Waals surface area (Å²) in [5.41, 5.74) is 2.94. The fourth-order valence-corrected chi connectivity index (χ4v) is 2.20.